The number of halogens is 1. The smallest absolute Gasteiger partial charge is 0.230 e. The number of benzene rings is 2. The summed E-state index contributed by atoms with van der Waals surface area (Å²) in [6.45, 7) is 0.385. The maximum Gasteiger partial charge on any atom is 0.230 e. The first kappa shape index (κ1) is 18.5. The highest BCUT2D eigenvalue weighted by molar-refractivity contribution is 7.99. The Morgan fingerprint density at radius 3 is 2.61 bits per heavy atom. The number of carbonyl (C=O) groups is 1. The van der Waals surface area contributed by atoms with Gasteiger partial charge in [-0.3, -0.25) is 4.79 Å². The second-order valence-electron chi connectivity index (χ2n) is 5.99. The minimum Gasteiger partial charge on any atom is -0.351 e. The van der Waals surface area contributed by atoms with Crippen LogP contribution in [-0.2, 0) is 11.3 Å². The van der Waals surface area contributed by atoms with Crippen LogP contribution < -0.4 is 5.32 Å². The monoisotopic (exact) mass is 409 g/mol. The highest BCUT2D eigenvalue weighted by Crippen LogP contribution is 2.20. The van der Waals surface area contributed by atoms with Gasteiger partial charge in [-0.15, -0.1) is 10.2 Å². The summed E-state index contributed by atoms with van der Waals surface area (Å²) in [6, 6.07) is 21.1. The molecule has 4 rings (SSSR count). The third kappa shape index (κ3) is 4.16. The van der Waals surface area contributed by atoms with Gasteiger partial charge >= 0.3 is 0 Å². The minimum atomic E-state index is -0.110. The van der Waals surface area contributed by atoms with E-state index in [-0.39, 0.29) is 11.7 Å². The Morgan fingerprint density at radius 1 is 1.00 bits per heavy atom. The zero-order valence-electron chi connectivity index (χ0n) is 14.7. The lowest BCUT2D eigenvalue weighted by Crippen LogP contribution is -2.24. The van der Waals surface area contributed by atoms with Crippen molar-refractivity contribution < 1.29 is 4.79 Å². The van der Waals surface area contributed by atoms with Crippen LogP contribution >= 0.6 is 23.4 Å². The molecule has 0 spiro atoms. The molecule has 0 aliphatic carbocycles. The van der Waals surface area contributed by atoms with Gasteiger partial charge in [-0.25, -0.2) is 0 Å². The summed E-state index contributed by atoms with van der Waals surface area (Å²) < 4.78 is 1.66. The van der Waals surface area contributed by atoms with Crippen LogP contribution in [0.5, 0.6) is 0 Å². The summed E-state index contributed by atoms with van der Waals surface area (Å²) in [6.07, 6.45) is 0. The molecule has 0 aliphatic heterocycles. The van der Waals surface area contributed by atoms with Crippen LogP contribution in [0.2, 0.25) is 5.02 Å². The number of amides is 1. The summed E-state index contributed by atoms with van der Waals surface area (Å²) >= 11 is 7.40. The first-order valence-electron chi connectivity index (χ1n) is 8.61. The number of aromatic nitrogens is 4. The average Bonchev–Trinajstić information content (AvgIpc) is 3.14. The number of rotatable bonds is 6. The predicted molar refractivity (Wildman–Crippen MR) is 110 cm³/mol. The molecule has 1 amide bonds. The van der Waals surface area contributed by atoms with Crippen molar-refractivity contribution in [3.05, 3.63) is 77.3 Å². The quantitative estimate of drug-likeness (QED) is 0.490. The van der Waals surface area contributed by atoms with Crippen LogP contribution in [0.3, 0.4) is 0 Å². The van der Waals surface area contributed by atoms with Crippen LogP contribution in [0.25, 0.3) is 16.9 Å². The van der Waals surface area contributed by atoms with E-state index in [2.05, 4.69) is 20.6 Å². The first-order valence-corrected chi connectivity index (χ1v) is 9.98. The molecule has 0 saturated carbocycles. The molecule has 28 heavy (non-hydrogen) atoms. The zero-order valence-corrected chi connectivity index (χ0v) is 16.3. The Balaban J connectivity index is 1.43. The second-order valence-corrected chi connectivity index (χ2v) is 7.34. The molecule has 1 N–H and O–H groups in total. The zero-order chi connectivity index (χ0) is 19.3. The molecule has 0 aliphatic rings. The van der Waals surface area contributed by atoms with E-state index in [4.69, 9.17) is 11.6 Å². The van der Waals surface area contributed by atoms with Gasteiger partial charge in [0, 0.05) is 17.1 Å². The van der Waals surface area contributed by atoms with Gasteiger partial charge in [0.1, 0.15) is 0 Å². The Kier molecular flexibility index (Phi) is 5.55. The third-order valence-electron chi connectivity index (χ3n) is 4.07. The molecule has 2 aromatic carbocycles. The van der Waals surface area contributed by atoms with Crippen molar-refractivity contribution in [2.75, 3.05) is 5.75 Å². The lowest BCUT2D eigenvalue weighted by Gasteiger charge is -2.06. The number of nitrogens with zero attached hydrogens (tertiary/aromatic N) is 4. The molecule has 0 fully saturated rings. The predicted octanol–water partition coefficient (Wildman–Crippen LogP) is 3.85. The van der Waals surface area contributed by atoms with Crippen molar-refractivity contribution in [1.29, 1.82) is 0 Å². The van der Waals surface area contributed by atoms with E-state index < -0.39 is 0 Å². The number of thioether (sulfide) groups is 1. The summed E-state index contributed by atoms with van der Waals surface area (Å²) in [5.74, 6) is 0.101. The molecular weight excluding hydrogens is 394 g/mol. The number of carbonyl (C=O) groups excluding carboxylic acids is 1. The van der Waals surface area contributed by atoms with Gasteiger partial charge in [0.05, 0.1) is 11.4 Å². The fourth-order valence-electron chi connectivity index (χ4n) is 2.64. The molecule has 0 bridgehead atoms. The average molecular weight is 410 g/mol. The Labute approximate surface area is 170 Å². The van der Waals surface area contributed by atoms with E-state index in [0.29, 0.717) is 22.4 Å². The van der Waals surface area contributed by atoms with E-state index in [1.807, 2.05) is 60.7 Å². The summed E-state index contributed by atoms with van der Waals surface area (Å²) in [7, 11) is 0. The second kappa shape index (κ2) is 8.41. The SMILES string of the molecule is O=C(CSc1nnc2ccc(-c3ccccc3)nn12)NCc1ccccc1Cl. The van der Waals surface area contributed by atoms with E-state index in [9.17, 15) is 4.79 Å². The van der Waals surface area contributed by atoms with Crippen LogP contribution in [0, 0.1) is 0 Å². The van der Waals surface area contributed by atoms with E-state index in [1.54, 1.807) is 10.6 Å². The fourth-order valence-corrected chi connectivity index (χ4v) is 3.56. The van der Waals surface area contributed by atoms with Gasteiger partial charge in [-0.05, 0) is 23.8 Å². The molecule has 0 radical (unpaired) electrons. The topological polar surface area (TPSA) is 72.2 Å². The maximum atomic E-state index is 12.2. The van der Waals surface area contributed by atoms with Crippen LogP contribution in [0.1, 0.15) is 5.56 Å². The van der Waals surface area contributed by atoms with Crippen molar-refractivity contribution >= 4 is 34.9 Å². The van der Waals surface area contributed by atoms with Crippen LogP contribution in [-0.4, -0.2) is 31.5 Å². The van der Waals surface area contributed by atoms with Crippen LogP contribution in [0.4, 0.5) is 0 Å². The number of hydrogen-bond acceptors (Lipinski definition) is 5. The molecule has 140 valence electrons. The Hall–Kier alpha value is -2.90. The van der Waals surface area contributed by atoms with Gasteiger partial charge in [-0.1, -0.05) is 71.9 Å². The van der Waals surface area contributed by atoms with Crippen molar-refractivity contribution in [2.24, 2.45) is 0 Å². The van der Waals surface area contributed by atoms with Gasteiger partial charge in [0.2, 0.25) is 11.1 Å². The van der Waals surface area contributed by atoms with Crippen molar-refractivity contribution in [2.45, 2.75) is 11.7 Å². The van der Waals surface area contributed by atoms with Crippen molar-refractivity contribution in [3.63, 3.8) is 0 Å². The molecule has 2 aromatic heterocycles. The minimum absolute atomic E-state index is 0.110. The molecule has 8 heteroatoms. The third-order valence-corrected chi connectivity index (χ3v) is 5.36. The summed E-state index contributed by atoms with van der Waals surface area (Å²) in [5.41, 5.74) is 3.34. The van der Waals surface area contributed by atoms with Crippen LogP contribution in [0.15, 0.2) is 71.9 Å². The highest BCUT2D eigenvalue weighted by atomic mass is 35.5. The summed E-state index contributed by atoms with van der Waals surface area (Å²) in [4.78, 5) is 12.2. The van der Waals surface area contributed by atoms with Crippen molar-refractivity contribution in [1.82, 2.24) is 25.1 Å². The molecule has 0 unspecified atom stereocenters. The van der Waals surface area contributed by atoms with E-state index in [0.717, 1.165) is 16.8 Å². The molecule has 4 aromatic rings. The van der Waals surface area contributed by atoms with Gasteiger partial charge < -0.3 is 5.32 Å². The Morgan fingerprint density at radius 2 is 1.79 bits per heavy atom. The maximum absolute atomic E-state index is 12.2. The molecule has 2 heterocycles. The molecular formula is C20H16ClN5OS. The van der Waals surface area contributed by atoms with Gasteiger partial charge in [0.25, 0.3) is 0 Å². The van der Waals surface area contributed by atoms with Crippen molar-refractivity contribution in [3.8, 4) is 11.3 Å². The van der Waals surface area contributed by atoms with E-state index >= 15 is 0 Å². The Bertz CT molecular complexity index is 1120. The van der Waals surface area contributed by atoms with Gasteiger partial charge in [-0.2, -0.15) is 9.61 Å². The van der Waals surface area contributed by atoms with E-state index in [1.165, 1.54) is 11.8 Å². The van der Waals surface area contributed by atoms with Gasteiger partial charge in [0.15, 0.2) is 5.65 Å². The normalized spacial score (nSPS) is 10.9. The molecule has 0 saturated heterocycles. The highest BCUT2D eigenvalue weighted by Gasteiger charge is 2.12. The number of nitrogens with one attached hydrogen (secondary N) is 1. The fraction of sp³-hybridized carbons (Fsp3) is 0.100. The largest absolute Gasteiger partial charge is 0.351 e. The number of hydrogen-bond donors (Lipinski definition) is 1. The molecule has 6 nitrogen and oxygen atoms in total. The standard InChI is InChI=1S/C20H16ClN5OS/c21-16-9-5-4-8-15(16)12-22-19(27)13-28-20-24-23-18-11-10-17(25-26(18)20)14-6-2-1-3-7-14/h1-11H,12-13H2,(H,22,27). The summed E-state index contributed by atoms with van der Waals surface area (Å²) in [5, 5.41) is 16.9. The first-order chi connectivity index (χ1) is 13.7. The number of fused-ring (bicyclic) bond motifs is 1. The molecule has 0 atom stereocenters. The lowest BCUT2D eigenvalue weighted by atomic mass is 10.1. The lowest BCUT2D eigenvalue weighted by molar-refractivity contribution is -0.118.